The fourth-order valence-electron chi connectivity index (χ4n) is 2.29. The summed E-state index contributed by atoms with van der Waals surface area (Å²) in [5, 5.41) is 0. The van der Waals surface area contributed by atoms with Crippen LogP contribution in [0.3, 0.4) is 0 Å². The second-order valence-corrected chi connectivity index (χ2v) is 5.67. The van der Waals surface area contributed by atoms with E-state index in [0.29, 0.717) is 5.57 Å². The largest absolute Gasteiger partial charge is 0.451 e. The maximum absolute atomic E-state index is 11.8. The number of allylic oxidation sites excluding steroid dienone is 2. The third-order valence-electron chi connectivity index (χ3n) is 3.84. The number of hydrogen-bond donors (Lipinski definition) is 0. The molecule has 2 nitrogen and oxygen atoms in total. The maximum Gasteiger partial charge on any atom is 0.339 e. The molecule has 0 aromatic rings. The third kappa shape index (κ3) is 2.08. The van der Waals surface area contributed by atoms with E-state index in [0.717, 1.165) is 18.4 Å². The van der Waals surface area contributed by atoms with Gasteiger partial charge < -0.3 is 4.74 Å². The lowest BCUT2D eigenvalue weighted by Crippen LogP contribution is -2.22. The molecule has 1 atom stereocenters. The van der Waals surface area contributed by atoms with E-state index < -0.39 is 5.60 Å². The van der Waals surface area contributed by atoms with Crippen molar-refractivity contribution in [1.29, 1.82) is 0 Å². The molecule has 17 heavy (non-hydrogen) atoms. The highest BCUT2D eigenvalue weighted by Gasteiger charge is 2.38. The summed E-state index contributed by atoms with van der Waals surface area (Å²) in [5.74, 6) is -0.203. The Kier molecular flexibility index (Phi) is 2.76. The van der Waals surface area contributed by atoms with Crippen molar-refractivity contribution in [2.24, 2.45) is 5.41 Å². The van der Waals surface area contributed by atoms with E-state index in [2.05, 4.69) is 32.1 Å². The van der Waals surface area contributed by atoms with Gasteiger partial charge in [0.2, 0.25) is 0 Å². The van der Waals surface area contributed by atoms with Gasteiger partial charge in [0.15, 0.2) is 0 Å². The molecule has 0 spiro atoms. The Bertz CT molecular complexity index is 438. The molecule has 0 fully saturated rings. The number of carbonyl (C=O) groups is 1. The third-order valence-corrected chi connectivity index (χ3v) is 3.84. The first-order valence-corrected chi connectivity index (χ1v) is 6.22. The van der Waals surface area contributed by atoms with E-state index in [4.69, 9.17) is 4.74 Å². The molecule has 0 radical (unpaired) electrons. The molecule has 2 rings (SSSR count). The van der Waals surface area contributed by atoms with Crippen molar-refractivity contribution in [3.05, 3.63) is 35.5 Å². The fourth-order valence-corrected chi connectivity index (χ4v) is 2.29. The van der Waals surface area contributed by atoms with Crippen molar-refractivity contribution in [2.75, 3.05) is 0 Å². The molecule has 0 bridgehead atoms. The highest BCUT2D eigenvalue weighted by molar-refractivity contribution is 5.96. The maximum atomic E-state index is 11.8. The predicted molar refractivity (Wildman–Crippen MR) is 68.5 cm³/mol. The molecule has 0 aromatic carbocycles. The van der Waals surface area contributed by atoms with Gasteiger partial charge >= 0.3 is 5.97 Å². The van der Waals surface area contributed by atoms with Gasteiger partial charge in [-0.25, -0.2) is 4.79 Å². The smallest absolute Gasteiger partial charge is 0.339 e. The fraction of sp³-hybridized carbons (Fsp3) is 0.533. The highest BCUT2D eigenvalue weighted by Crippen LogP contribution is 2.38. The van der Waals surface area contributed by atoms with Crippen LogP contribution in [0.2, 0.25) is 0 Å². The van der Waals surface area contributed by atoms with Crippen LogP contribution in [0.4, 0.5) is 0 Å². The summed E-state index contributed by atoms with van der Waals surface area (Å²) in [6, 6.07) is 0. The summed E-state index contributed by atoms with van der Waals surface area (Å²) in [4.78, 5) is 11.8. The van der Waals surface area contributed by atoms with Crippen molar-refractivity contribution < 1.29 is 9.53 Å². The predicted octanol–water partition coefficient (Wildman–Crippen LogP) is 3.55. The zero-order chi connectivity index (χ0) is 12.7. The van der Waals surface area contributed by atoms with Gasteiger partial charge in [0.05, 0.1) is 5.57 Å². The molecule has 0 N–H and O–H groups in total. The van der Waals surface area contributed by atoms with Gasteiger partial charge in [-0.2, -0.15) is 0 Å². The lowest BCUT2D eigenvalue weighted by Gasteiger charge is -2.25. The van der Waals surface area contributed by atoms with Crippen LogP contribution in [-0.4, -0.2) is 11.6 Å². The van der Waals surface area contributed by atoms with Crippen molar-refractivity contribution in [3.8, 4) is 0 Å². The number of cyclic esters (lactones) is 1. The molecule has 2 heteroatoms. The Balaban J connectivity index is 2.47. The van der Waals surface area contributed by atoms with Gasteiger partial charge in [0, 0.05) is 5.57 Å². The van der Waals surface area contributed by atoms with E-state index in [1.54, 1.807) is 0 Å². The highest BCUT2D eigenvalue weighted by atomic mass is 16.6. The van der Waals surface area contributed by atoms with Crippen LogP contribution in [0.25, 0.3) is 0 Å². The molecular weight excluding hydrogens is 212 g/mol. The van der Waals surface area contributed by atoms with Gasteiger partial charge in [-0.05, 0) is 32.1 Å². The van der Waals surface area contributed by atoms with Gasteiger partial charge in [0.25, 0.3) is 0 Å². The number of ether oxygens (including phenoxy) is 1. The number of carbonyl (C=O) groups excluding carboxylic acids is 1. The summed E-state index contributed by atoms with van der Waals surface area (Å²) >= 11 is 0. The minimum Gasteiger partial charge on any atom is -0.451 e. The van der Waals surface area contributed by atoms with Crippen molar-refractivity contribution in [2.45, 2.75) is 46.1 Å². The van der Waals surface area contributed by atoms with Crippen molar-refractivity contribution in [1.82, 2.24) is 0 Å². The SMILES string of the molecule is CCC1(C)/C=C\C2=C(/C=C\C1)C(=O)OC2(C)C. The summed E-state index contributed by atoms with van der Waals surface area (Å²) in [7, 11) is 0. The molecule has 2 aliphatic rings. The number of rotatable bonds is 1. The number of hydrogen-bond acceptors (Lipinski definition) is 2. The molecule has 1 unspecified atom stereocenters. The normalized spacial score (nSPS) is 34.7. The van der Waals surface area contributed by atoms with E-state index in [1.807, 2.05) is 19.9 Å². The molecule has 0 amide bonds. The summed E-state index contributed by atoms with van der Waals surface area (Å²) in [6.07, 6.45) is 10.4. The van der Waals surface area contributed by atoms with Crippen molar-refractivity contribution in [3.63, 3.8) is 0 Å². The van der Waals surface area contributed by atoms with Crippen LogP contribution in [0, 0.1) is 5.41 Å². The minimum absolute atomic E-state index is 0.177. The van der Waals surface area contributed by atoms with Crippen LogP contribution in [-0.2, 0) is 9.53 Å². The Morgan fingerprint density at radius 2 is 2.00 bits per heavy atom. The Labute approximate surface area is 103 Å². The second kappa shape index (κ2) is 3.86. The Hall–Kier alpha value is -1.31. The first-order valence-electron chi connectivity index (χ1n) is 6.22. The molecule has 0 saturated carbocycles. The average molecular weight is 232 g/mol. The van der Waals surface area contributed by atoms with E-state index in [1.165, 1.54) is 0 Å². The van der Waals surface area contributed by atoms with Crippen molar-refractivity contribution >= 4 is 5.97 Å². The number of esters is 1. The van der Waals surface area contributed by atoms with E-state index in [9.17, 15) is 4.79 Å². The van der Waals surface area contributed by atoms with Crippen LogP contribution in [0.5, 0.6) is 0 Å². The monoisotopic (exact) mass is 232 g/mol. The van der Waals surface area contributed by atoms with Crippen LogP contribution in [0.15, 0.2) is 35.5 Å². The summed E-state index contributed by atoms with van der Waals surface area (Å²) in [5.41, 5.74) is 1.39. The van der Waals surface area contributed by atoms with Crippen LogP contribution >= 0.6 is 0 Å². The zero-order valence-electron chi connectivity index (χ0n) is 11.0. The molecule has 92 valence electrons. The average Bonchev–Trinajstić information content (AvgIpc) is 2.42. The first kappa shape index (κ1) is 12.2. The zero-order valence-corrected chi connectivity index (χ0v) is 11.0. The minimum atomic E-state index is -0.501. The lowest BCUT2D eigenvalue weighted by molar-refractivity contribution is -0.144. The van der Waals surface area contributed by atoms with Gasteiger partial charge in [-0.1, -0.05) is 38.2 Å². The molecule has 0 saturated heterocycles. The molecule has 0 aromatic heterocycles. The van der Waals surface area contributed by atoms with Gasteiger partial charge in [-0.3, -0.25) is 0 Å². The molecule has 1 heterocycles. The lowest BCUT2D eigenvalue weighted by atomic mass is 9.80. The quantitative estimate of drug-likeness (QED) is 0.646. The standard InChI is InChI=1S/C15H20O2/c1-5-15(4)9-6-7-11-12(8-10-15)14(2,3)17-13(11)16/h6-8,10H,5,9H2,1-4H3/b7-6-,10-8-. The molecule has 1 aliphatic heterocycles. The summed E-state index contributed by atoms with van der Waals surface area (Å²) < 4.78 is 5.39. The van der Waals surface area contributed by atoms with Gasteiger partial charge in [-0.15, -0.1) is 0 Å². The van der Waals surface area contributed by atoms with E-state index >= 15 is 0 Å². The first-order chi connectivity index (χ1) is 7.88. The summed E-state index contributed by atoms with van der Waals surface area (Å²) in [6.45, 7) is 8.31. The van der Waals surface area contributed by atoms with Crippen LogP contribution in [0.1, 0.15) is 40.5 Å². The van der Waals surface area contributed by atoms with Gasteiger partial charge in [0.1, 0.15) is 5.60 Å². The van der Waals surface area contributed by atoms with Crippen LogP contribution < -0.4 is 0 Å². The Morgan fingerprint density at radius 1 is 1.29 bits per heavy atom. The van der Waals surface area contributed by atoms with E-state index in [-0.39, 0.29) is 11.4 Å². The topological polar surface area (TPSA) is 26.3 Å². The second-order valence-electron chi connectivity index (χ2n) is 5.67. The molecule has 1 aliphatic carbocycles. The Morgan fingerprint density at radius 3 is 2.65 bits per heavy atom. The molecular formula is C15H20O2.